The second-order valence-corrected chi connectivity index (χ2v) is 7.80. The summed E-state index contributed by atoms with van der Waals surface area (Å²) in [5.74, 6) is -0.0216. The summed E-state index contributed by atoms with van der Waals surface area (Å²) < 4.78 is 26.9. The number of carbonyl (C=O) groups excluding carboxylic acids is 1. The predicted molar refractivity (Wildman–Crippen MR) is 90.7 cm³/mol. The molecule has 2 rings (SSSR count). The van der Waals surface area contributed by atoms with Crippen molar-refractivity contribution in [2.24, 2.45) is 5.73 Å². The molecule has 6 nitrogen and oxygen atoms in total. The molecule has 0 saturated carbocycles. The number of hydrogen-bond acceptors (Lipinski definition) is 4. The summed E-state index contributed by atoms with van der Waals surface area (Å²) >= 11 is 0. The number of sulfonamides is 1. The van der Waals surface area contributed by atoms with E-state index in [1.165, 1.54) is 4.31 Å². The average molecular weight is 339 g/mol. The average Bonchev–Trinajstić information content (AvgIpc) is 2.86. The molecule has 23 heavy (non-hydrogen) atoms. The molecular weight excluding hydrogens is 314 g/mol. The van der Waals surface area contributed by atoms with Crippen molar-refractivity contribution in [1.82, 2.24) is 4.31 Å². The lowest BCUT2D eigenvalue weighted by Gasteiger charge is -2.22. The molecule has 0 aliphatic carbocycles. The predicted octanol–water partition coefficient (Wildman–Crippen LogP) is 1.56. The molecule has 2 N–H and O–H groups in total. The van der Waals surface area contributed by atoms with Crippen LogP contribution in [-0.2, 0) is 14.8 Å². The molecule has 1 aromatic carbocycles. The van der Waals surface area contributed by atoms with Crippen LogP contribution in [-0.4, -0.2) is 44.3 Å². The minimum atomic E-state index is -3.48. The molecule has 1 unspecified atom stereocenters. The van der Waals surface area contributed by atoms with E-state index in [9.17, 15) is 13.2 Å². The fourth-order valence-electron chi connectivity index (χ4n) is 2.78. The van der Waals surface area contributed by atoms with E-state index in [-0.39, 0.29) is 16.8 Å². The molecule has 0 bridgehead atoms. The van der Waals surface area contributed by atoms with E-state index in [4.69, 9.17) is 5.73 Å². The monoisotopic (exact) mass is 339 g/mol. The van der Waals surface area contributed by atoms with Crippen molar-refractivity contribution >= 4 is 21.6 Å². The molecule has 0 aromatic heterocycles. The molecule has 1 saturated heterocycles. The SMILES string of the molecule is CCCN(CCC)S(=O)(=O)c1ccc(N2CC(N)CC2=O)cc1. The Balaban J connectivity index is 2.22. The van der Waals surface area contributed by atoms with Crippen molar-refractivity contribution in [2.45, 2.75) is 44.0 Å². The van der Waals surface area contributed by atoms with Crippen LogP contribution in [0.2, 0.25) is 0 Å². The Morgan fingerprint density at radius 1 is 1.17 bits per heavy atom. The first-order valence-electron chi connectivity index (χ1n) is 8.06. The molecule has 0 spiro atoms. The van der Waals surface area contributed by atoms with Gasteiger partial charge >= 0.3 is 0 Å². The second-order valence-electron chi connectivity index (χ2n) is 5.87. The first kappa shape index (κ1) is 17.9. The van der Waals surface area contributed by atoms with E-state index in [0.717, 1.165) is 12.8 Å². The highest BCUT2D eigenvalue weighted by Gasteiger charge is 2.29. The summed E-state index contributed by atoms with van der Waals surface area (Å²) in [4.78, 5) is 13.7. The zero-order chi connectivity index (χ0) is 17.0. The zero-order valence-corrected chi connectivity index (χ0v) is 14.6. The van der Waals surface area contributed by atoms with Gasteiger partial charge in [-0.3, -0.25) is 4.79 Å². The number of nitrogens with zero attached hydrogens (tertiary/aromatic N) is 2. The van der Waals surface area contributed by atoms with E-state index in [2.05, 4.69) is 0 Å². The maximum atomic E-state index is 12.7. The van der Waals surface area contributed by atoms with Gasteiger partial charge in [0, 0.05) is 37.8 Å². The molecule has 1 aliphatic rings. The smallest absolute Gasteiger partial charge is 0.243 e. The van der Waals surface area contributed by atoms with Gasteiger partial charge in [0.25, 0.3) is 0 Å². The van der Waals surface area contributed by atoms with Crippen molar-refractivity contribution in [1.29, 1.82) is 0 Å². The Labute approximate surface area is 138 Å². The van der Waals surface area contributed by atoms with Gasteiger partial charge in [-0.2, -0.15) is 4.31 Å². The van der Waals surface area contributed by atoms with Gasteiger partial charge in [-0.1, -0.05) is 13.8 Å². The topological polar surface area (TPSA) is 83.7 Å². The quantitative estimate of drug-likeness (QED) is 0.817. The molecule has 1 aliphatic heterocycles. The summed E-state index contributed by atoms with van der Waals surface area (Å²) in [6.45, 7) is 5.42. The van der Waals surface area contributed by atoms with E-state index in [1.54, 1.807) is 29.2 Å². The lowest BCUT2D eigenvalue weighted by Crippen LogP contribution is -2.32. The Hall–Kier alpha value is -1.44. The lowest BCUT2D eigenvalue weighted by atomic mass is 10.3. The second kappa shape index (κ2) is 7.42. The van der Waals surface area contributed by atoms with Crippen LogP contribution in [0.25, 0.3) is 0 Å². The van der Waals surface area contributed by atoms with E-state index >= 15 is 0 Å². The molecule has 128 valence electrons. The third-order valence-corrected chi connectivity index (χ3v) is 5.80. The number of anilines is 1. The minimum Gasteiger partial charge on any atom is -0.326 e. The highest BCUT2D eigenvalue weighted by atomic mass is 32.2. The van der Waals surface area contributed by atoms with Gasteiger partial charge in [0.05, 0.1) is 4.90 Å². The van der Waals surface area contributed by atoms with Crippen molar-refractivity contribution in [3.8, 4) is 0 Å². The molecular formula is C16H25N3O3S. The highest BCUT2D eigenvalue weighted by Crippen LogP contribution is 2.24. The van der Waals surface area contributed by atoms with Crippen LogP contribution < -0.4 is 10.6 Å². The van der Waals surface area contributed by atoms with Crippen molar-refractivity contribution in [3.05, 3.63) is 24.3 Å². The number of carbonyl (C=O) groups is 1. The molecule has 1 atom stereocenters. The van der Waals surface area contributed by atoms with Gasteiger partial charge in [0.15, 0.2) is 0 Å². The molecule has 1 amide bonds. The maximum absolute atomic E-state index is 12.7. The Morgan fingerprint density at radius 3 is 2.17 bits per heavy atom. The van der Waals surface area contributed by atoms with Gasteiger partial charge in [-0.25, -0.2) is 8.42 Å². The Bertz CT molecular complexity index is 637. The van der Waals surface area contributed by atoms with Gasteiger partial charge < -0.3 is 10.6 Å². The Kier molecular flexibility index (Phi) is 5.78. The fourth-order valence-corrected chi connectivity index (χ4v) is 4.41. The maximum Gasteiger partial charge on any atom is 0.243 e. The summed E-state index contributed by atoms with van der Waals surface area (Å²) in [5, 5.41) is 0. The summed E-state index contributed by atoms with van der Waals surface area (Å²) in [5.41, 5.74) is 6.49. The normalized spacial score (nSPS) is 18.9. The fraction of sp³-hybridized carbons (Fsp3) is 0.562. The molecule has 1 fully saturated rings. The first-order valence-corrected chi connectivity index (χ1v) is 9.50. The first-order chi connectivity index (χ1) is 10.9. The van der Waals surface area contributed by atoms with Crippen LogP contribution in [0.1, 0.15) is 33.1 Å². The number of hydrogen-bond donors (Lipinski definition) is 1. The van der Waals surface area contributed by atoms with Crippen LogP contribution in [0.3, 0.4) is 0 Å². The van der Waals surface area contributed by atoms with Crippen LogP contribution in [0.4, 0.5) is 5.69 Å². The van der Waals surface area contributed by atoms with Crippen LogP contribution in [0.15, 0.2) is 29.2 Å². The van der Waals surface area contributed by atoms with Gasteiger partial charge in [0.1, 0.15) is 0 Å². The largest absolute Gasteiger partial charge is 0.326 e. The number of amides is 1. The third kappa shape index (κ3) is 3.91. The molecule has 1 aromatic rings. The number of nitrogens with two attached hydrogens (primary N) is 1. The molecule has 1 heterocycles. The third-order valence-electron chi connectivity index (χ3n) is 3.89. The molecule has 0 radical (unpaired) electrons. The number of rotatable bonds is 7. The van der Waals surface area contributed by atoms with E-state index < -0.39 is 10.0 Å². The standard InChI is InChI=1S/C16H25N3O3S/c1-3-9-18(10-4-2)23(21,22)15-7-5-14(6-8-15)19-12-13(17)11-16(19)20/h5-8,13H,3-4,9-12,17H2,1-2H3. The molecule has 7 heteroatoms. The van der Waals surface area contributed by atoms with Crippen LogP contribution in [0.5, 0.6) is 0 Å². The van der Waals surface area contributed by atoms with Gasteiger partial charge in [-0.05, 0) is 37.1 Å². The van der Waals surface area contributed by atoms with E-state index in [1.807, 2.05) is 13.8 Å². The van der Waals surface area contributed by atoms with Crippen LogP contribution in [0, 0.1) is 0 Å². The minimum absolute atomic E-state index is 0.0216. The zero-order valence-electron chi connectivity index (χ0n) is 13.7. The van der Waals surface area contributed by atoms with Crippen molar-refractivity contribution < 1.29 is 13.2 Å². The van der Waals surface area contributed by atoms with Crippen LogP contribution >= 0.6 is 0 Å². The summed E-state index contributed by atoms with van der Waals surface area (Å²) in [6.07, 6.45) is 1.88. The number of benzene rings is 1. The van der Waals surface area contributed by atoms with Crippen molar-refractivity contribution in [2.75, 3.05) is 24.5 Å². The highest BCUT2D eigenvalue weighted by molar-refractivity contribution is 7.89. The summed E-state index contributed by atoms with van der Waals surface area (Å²) in [6, 6.07) is 6.34. The van der Waals surface area contributed by atoms with Gasteiger partial charge in [0.2, 0.25) is 15.9 Å². The Morgan fingerprint density at radius 2 is 1.74 bits per heavy atom. The van der Waals surface area contributed by atoms with Gasteiger partial charge in [-0.15, -0.1) is 0 Å². The lowest BCUT2D eigenvalue weighted by molar-refractivity contribution is -0.117. The van der Waals surface area contributed by atoms with Crippen molar-refractivity contribution in [3.63, 3.8) is 0 Å². The summed E-state index contributed by atoms with van der Waals surface area (Å²) in [7, 11) is -3.48. The van der Waals surface area contributed by atoms with E-state index in [0.29, 0.717) is 31.7 Å².